The molecule has 0 radical (unpaired) electrons. The molecule has 1 saturated heterocycles. The number of carbonyl (C=O) groups excluding carboxylic acids is 13. The number of primary amides is 2. The predicted octanol–water partition coefficient (Wildman–Crippen LogP) is -3.67. The van der Waals surface area contributed by atoms with Crippen molar-refractivity contribution in [1.82, 2.24) is 58.1 Å². The van der Waals surface area contributed by atoms with Gasteiger partial charge in [0.1, 0.15) is 60.4 Å². The van der Waals surface area contributed by atoms with Gasteiger partial charge < -0.3 is 85.5 Å². The lowest BCUT2D eigenvalue weighted by Gasteiger charge is -2.31. The van der Waals surface area contributed by atoms with Crippen LogP contribution in [0, 0.1) is 23.7 Å². The number of unbranched alkanes of at least 4 members (excludes halogenated alkanes) is 2. The first kappa shape index (κ1) is 75.0. The number of hydrogen-bond acceptors (Lipinski definition) is 16. The summed E-state index contributed by atoms with van der Waals surface area (Å²) in [5.41, 5.74) is 16.6. The third-order valence-corrected chi connectivity index (χ3v) is 15.1. The van der Waals surface area contributed by atoms with Gasteiger partial charge in [-0.15, -0.1) is 0 Å². The Morgan fingerprint density at radius 1 is 0.512 bits per heavy atom. The van der Waals surface area contributed by atoms with E-state index < -0.39 is 188 Å². The highest BCUT2D eigenvalue weighted by Gasteiger charge is 2.39. The van der Waals surface area contributed by atoms with Crippen LogP contribution in [0.15, 0.2) is 0 Å². The maximum Gasteiger partial charge on any atom is 0.245 e. The van der Waals surface area contributed by atoms with E-state index in [1.807, 2.05) is 6.92 Å². The van der Waals surface area contributed by atoms with E-state index in [0.717, 1.165) is 0 Å². The largest absolute Gasteiger partial charge is 0.394 e. The third kappa shape index (κ3) is 25.1. The normalized spacial score (nSPS) is 17.3. The second-order valence-corrected chi connectivity index (χ2v) is 22.0. The number of nitrogens with two attached hydrogens (primary N) is 3. The van der Waals surface area contributed by atoms with E-state index in [-0.39, 0.29) is 18.7 Å². The summed E-state index contributed by atoms with van der Waals surface area (Å²) in [6.45, 7) is 14.7. The van der Waals surface area contributed by atoms with Crippen LogP contribution >= 0.6 is 0 Å². The summed E-state index contributed by atoms with van der Waals surface area (Å²) < 4.78 is 0. The number of aliphatic hydroxyl groups excluding tert-OH is 2. The molecule has 1 heterocycles. The lowest BCUT2D eigenvalue weighted by Crippen LogP contribution is -2.62. The van der Waals surface area contributed by atoms with Crippen molar-refractivity contribution in [1.29, 1.82) is 0 Å². The van der Waals surface area contributed by atoms with E-state index >= 15 is 0 Å². The molecule has 0 aromatic rings. The van der Waals surface area contributed by atoms with Crippen LogP contribution in [0.2, 0.25) is 0 Å². The lowest BCUT2D eigenvalue weighted by atomic mass is 9.94. The molecule has 18 N–H and O–H groups in total. The van der Waals surface area contributed by atoms with Gasteiger partial charge in [-0.25, -0.2) is 0 Å². The van der Waals surface area contributed by atoms with E-state index in [0.29, 0.717) is 70.9 Å². The maximum absolute atomic E-state index is 14.3. The Hall–Kier alpha value is -7.01. The number of rotatable bonds is 40. The molecule has 0 aromatic heterocycles. The number of aliphatic hydroxyl groups is 2. The van der Waals surface area contributed by atoms with Crippen LogP contribution in [0.3, 0.4) is 0 Å². The fraction of sp³-hybridized carbons (Fsp3) is 0.764. The molecule has 0 saturated carbocycles. The van der Waals surface area contributed by atoms with Crippen molar-refractivity contribution in [3.05, 3.63) is 0 Å². The van der Waals surface area contributed by atoms with Gasteiger partial charge in [0, 0.05) is 19.9 Å². The Balaban J connectivity index is 3.28. The molecule has 13 atom stereocenters. The molecule has 0 bridgehead atoms. The minimum Gasteiger partial charge on any atom is -0.394 e. The Morgan fingerprint density at radius 2 is 0.940 bits per heavy atom. The molecule has 0 aliphatic carbocycles. The van der Waals surface area contributed by atoms with Crippen LogP contribution < -0.4 is 70.4 Å². The number of amides is 13. The molecule has 0 unspecified atom stereocenters. The number of nitrogens with one attached hydrogen (secondary N) is 10. The van der Waals surface area contributed by atoms with Crippen molar-refractivity contribution in [2.45, 2.75) is 213 Å². The van der Waals surface area contributed by atoms with Gasteiger partial charge in [0.25, 0.3) is 0 Å². The van der Waals surface area contributed by atoms with Crippen molar-refractivity contribution in [3.8, 4) is 0 Å². The highest BCUT2D eigenvalue weighted by molar-refractivity contribution is 5.99. The zero-order valence-corrected chi connectivity index (χ0v) is 50.7. The quantitative estimate of drug-likeness (QED) is 0.0263. The SMILES string of the molecule is CCCC[C@H](NC(=O)[C@@H](CO)NC(=O)[C@@H](NC(=O)CNC(=O)[C@@H](NC(=O)[C@@H](CO)NC(=O)[C@H](CCC(N)=O)NC(=O)[C@@H](NC(=O)[C@@H](NC(=O)[C@H](CCCCN)NC(=O)[C@@H]1CCCN1C(C)=O)[C@@H](C)CC)[C@@H](C)CC)C(C)C)[C@@H](C)CC)C(N)=O. The van der Waals surface area contributed by atoms with E-state index in [4.69, 9.17) is 17.2 Å². The van der Waals surface area contributed by atoms with E-state index in [2.05, 4.69) is 53.2 Å². The molecule has 1 rings (SSSR count). The van der Waals surface area contributed by atoms with E-state index in [1.165, 1.54) is 11.8 Å². The summed E-state index contributed by atoms with van der Waals surface area (Å²) in [7, 11) is 0. The first-order chi connectivity index (χ1) is 39.6. The zero-order valence-electron chi connectivity index (χ0n) is 50.7. The monoisotopic (exact) mass is 1190 g/mol. The van der Waals surface area contributed by atoms with Crippen molar-refractivity contribution >= 4 is 76.8 Å². The van der Waals surface area contributed by atoms with Gasteiger partial charge in [-0.2, -0.15) is 0 Å². The van der Waals surface area contributed by atoms with Crippen molar-refractivity contribution in [2.24, 2.45) is 40.9 Å². The number of hydrogen-bond donors (Lipinski definition) is 15. The minimum atomic E-state index is -1.76. The molecule has 478 valence electrons. The van der Waals surface area contributed by atoms with E-state index in [9.17, 15) is 72.5 Å². The van der Waals surface area contributed by atoms with Gasteiger partial charge in [0.2, 0.25) is 76.8 Å². The van der Waals surface area contributed by atoms with Gasteiger partial charge in [0.05, 0.1) is 19.8 Å². The number of carbonyl (C=O) groups is 13. The topological polar surface area (TPSA) is 464 Å². The smallest absolute Gasteiger partial charge is 0.245 e. The first-order valence-electron chi connectivity index (χ1n) is 29.3. The Labute approximate surface area is 492 Å². The van der Waals surface area contributed by atoms with Crippen LogP contribution in [-0.2, 0) is 62.3 Å². The summed E-state index contributed by atoms with van der Waals surface area (Å²) in [6, 6.07) is -13.1. The van der Waals surface area contributed by atoms with Crippen LogP contribution in [0.25, 0.3) is 0 Å². The van der Waals surface area contributed by atoms with Crippen molar-refractivity contribution in [3.63, 3.8) is 0 Å². The molecule has 29 heteroatoms. The van der Waals surface area contributed by atoms with Gasteiger partial charge in [0.15, 0.2) is 0 Å². The molecule has 1 fully saturated rings. The summed E-state index contributed by atoms with van der Waals surface area (Å²) in [5, 5.41) is 45.6. The standard InChI is InChI=1S/C55H98N14O15/c1-11-15-19-34(46(58)75)60-49(78)37(27-70)64-53(82)43(30(7)12-2)65-41(74)26-59-52(81)42(29(5)6)66-50(79)38(28-71)63-47(76)36(22-23-40(57)73)62-54(83)44(31(8)13-3)68-55(84)45(32(9)14-4)67-48(77)35(20-16-17-24-56)61-51(80)39-21-18-25-69(39)33(10)72/h29-32,34-39,42-45,70-71H,11-28,56H2,1-10H3,(H2,57,73)(H2,58,75)(H,59,81)(H,60,78)(H,61,80)(H,62,83)(H,63,76)(H,64,82)(H,65,74)(H,66,79)(H,67,77)(H,68,84)/t30-,31-,32-,34-,35-,36-,37+,38+,39-,42-,43-,44-,45-/m0/s1. The zero-order chi connectivity index (χ0) is 64.0. The second kappa shape index (κ2) is 38.8. The lowest BCUT2D eigenvalue weighted by molar-refractivity contribution is -0.139. The number of likely N-dealkylation sites (tertiary alicyclic amines) is 1. The second-order valence-electron chi connectivity index (χ2n) is 22.0. The molecule has 0 aromatic carbocycles. The van der Waals surface area contributed by atoms with Crippen molar-refractivity contribution < 1.29 is 72.5 Å². The van der Waals surface area contributed by atoms with Gasteiger partial charge in [-0.05, 0) is 75.2 Å². The molecule has 1 aliphatic heterocycles. The van der Waals surface area contributed by atoms with Gasteiger partial charge in [-0.3, -0.25) is 62.3 Å². The van der Waals surface area contributed by atoms with Gasteiger partial charge >= 0.3 is 0 Å². The minimum absolute atomic E-state index is 0.170. The van der Waals surface area contributed by atoms with Crippen LogP contribution in [-0.4, -0.2) is 185 Å². The third-order valence-electron chi connectivity index (χ3n) is 15.1. The fourth-order valence-corrected chi connectivity index (χ4v) is 9.04. The molecule has 13 amide bonds. The first-order valence-corrected chi connectivity index (χ1v) is 29.3. The Bertz CT molecular complexity index is 2240. The molecule has 29 nitrogen and oxygen atoms in total. The van der Waals surface area contributed by atoms with Crippen LogP contribution in [0.5, 0.6) is 0 Å². The van der Waals surface area contributed by atoms with Crippen LogP contribution in [0.1, 0.15) is 153 Å². The Kier molecular flexibility index (Phi) is 34.6. The number of nitrogens with zero attached hydrogens (tertiary/aromatic N) is 1. The molecule has 0 spiro atoms. The molecular weight excluding hydrogens is 1100 g/mol. The highest BCUT2D eigenvalue weighted by Crippen LogP contribution is 2.19. The average Bonchev–Trinajstić information content (AvgIpc) is 4.17. The summed E-state index contributed by atoms with van der Waals surface area (Å²) >= 11 is 0. The molecule has 1 aliphatic rings. The van der Waals surface area contributed by atoms with E-state index in [1.54, 1.807) is 55.4 Å². The maximum atomic E-state index is 14.3. The molecular formula is C55H98N14O15. The highest BCUT2D eigenvalue weighted by atomic mass is 16.3. The summed E-state index contributed by atoms with van der Waals surface area (Å²) in [6.07, 6.45) is 3.87. The van der Waals surface area contributed by atoms with Gasteiger partial charge in [-0.1, -0.05) is 94.4 Å². The molecule has 84 heavy (non-hydrogen) atoms. The summed E-state index contributed by atoms with van der Waals surface area (Å²) in [4.78, 5) is 174. The van der Waals surface area contributed by atoms with Crippen molar-refractivity contribution in [2.75, 3.05) is 32.8 Å². The van der Waals surface area contributed by atoms with Crippen LogP contribution in [0.4, 0.5) is 0 Å². The summed E-state index contributed by atoms with van der Waals surface area (Å²) in [5.74, 6) is -12.8. The fourth-order valence-electron chi connectivity index (χ4n) is 9.04. The average molecular weight is 1200 g/mol. The Morgan fingerprint density at radius 3 is 1.42 bits per heavy atom. The predicted molar refractivity (Wildman–Crippen MR) is 308 cm³/mol.